The van der Waals surface area contributed by atoms with E-state index >= 15 is 0 Å². The Morgan fingerprint density at radius 1 is 1.15 bits per heavy atom. The average Bonchev–Trinajstić information content (AvgIpc) is 2.66. The normalized spacial score (nSPS) is 12.8. The molecule has 0 aliphatic rings. The molecule has 2 atom stereocenters. The second-order valence-corrected chi connectivity index (χ2v) is 7.56. The largest absolute Gasteiger partial charge is 0.497 e. The molecule has 0 bridgehead atoms. The average molecular weight is 373 g/mol. The van der Waals surface area contributed by atoms with Crippen molar-refractivity contribution in [2.75, 3.05) is 28.1 Å². The highest BCUT2D eigenvalue weighted by molar-refractivity contribution is 7.47. The highest BCUT2D eigenvalue weighted by Gasteiger charge is 2.18. The molecule has 0 fully saturated rings. The third kappa shape index (κ3) is 5.30. The molecule has 2 unspecified atom stereocenters. The maximum absolute atomic E-state index is 5.80. The molecule has 0 amide bonds. The molecule has 5 heteroatoms. The van der Waals surface area contributed by atoms with Gasteiger partial charge in [0.25, 0.3) is 0 Å². The van der Waals surface area contributed by atoms with Crippen LogP contribution in [0, 0.1) is 6.92 Å². The Bertz CT molecular complexity index is 746. The molecule has 0 spiro atoms. The van der Waals surface area contributed by atoms with Crippen molar-refractivity contribution in [2.45, 2.75) is 25.9 Å². The van der Waals surface area contributed by atoms with Gasteiger partial charge in [-0.05, 0) is 48.5 Å². The van der Waals surface area contributed by atoms with Crippen LogP contribution in [0.2, 0.25) is 0 Å². The summed E-state index contributed by atoms with van der Waals surface area (Å²) in [4.78, 5) is 4.22. The van der Waals surface area contributed by atoms with Crippen LogP contribution in [-0.2, 0) is 4.74 Å². The van der Waals surface area contributed by atoms with E-state index in [2.05, 4.69) is 43.1 Å². The highest BCUT2D eigenvalue weighted by Crippen LogP contribution is 2.43. The molecular formula is C21H28NO3P. The van der Waals surface area contributed by atoms with Gasteiger partial charge in [-0.1, -0.05) is 33.2 Å². The maximum Gasteiger partial charge on any atom is 0.188 e. The van der Waals surface area contributed by atoms with Gasteiger partial charge in [0.2, 0.25) is 0 Å². The molecule has 0 saturated heterocycles. The molecule has 4 nitrogen and oxygen atoms in total. The van der Waals surface area contributed by atoms with E-state index in [-0.39, 0.29) is 6.79 Å². The molecule has 0 heterocycles. The van der Waals surface area contributed by atoms with E-state index in [1.165, 1.54) is 16.4 Å². The summed E-state index contributed by atoms with van der Waals surface area (Å²) >= 11 is 0. The summed E-state index contributed by atoms with van der Waals surface area (Å²) in [6.07, 6.45) is 2.95. The SMILES string of the molecule is CCC(Pc1ccc(C)cc1/C=N/C)c1cc(OC)ccc1OCOC. The van der Waals surface area contributed by atoms with Crippen molar-refractivity contribution in [3.05, 3.63) is 53.1 Å². The fourth-order valence-electron chi connectivity index (χ4n) is 2.83. The van der Waals surface area contributed by atoms with Crippen molar-refractivity contribution >= 4 is 20.1 Å². The zero-order valence-corrected chi connectivity index (χ0v) is 17.2. The highest BCUT2D eigenvalue weighted by atomic mass is 31.1. The van der Waals surface area contributed by atoms with E-state index in [0.29, 0.717) is 14.2 Å². The van der Waals surface area contributed by atoms with Gasteiger partial charge in [0.15, 0.2) is 6.79 Å². The summed E-state index contributed by atoms with van der Waals surface area (Å²) in [5, 5.41) is 1.31. The monoisotopic (exact) mass is 373 g/mol. The Kier molecular flexibility index (Phi) is 8.08. The molecule has 26 heavy (non-hydrogen) atoms. The number of methoxy groups -OCH3 is 2. The quantitative estimate of drug-likeness (QED) is 0.369. The number of hydrogen-bond acceptors (Lipinski definition) is 4. The maximum atomic E-state index is 5.80. The predicted octanol–water partition coefficient (Wildman–Crippen LogP) is 4.49. The van der Waals surface area contributed by atoms with Crippen LogP contribution in [0.15, 0.2) is 41.4 Å². The van der Waals surface area contributed by atoms with Crippen LogP contribution in [0.4, 0.5) is 0 Å². The molecule has 0 aliphatic carbocycles. The second-order valence-electron chi connectivity index (χ2n) is 6.04. The van der Waals surface area contributed by atoms with Gasteiger partial charge in [0.1, 0.15) is 11.5 Å². The summed E-state index contributed by atoms with van der Waals surface area (Å²) in [7, 11) is 5.74. The molecule has 0 aromatic heterocycles. The smallest absolute Gasteiger partial charge is 0.188 e. The number of nitrogens with zero attached hydrogens (tertiary/aromatic N) is 1. The minimum atomic E-state index is 0.233. The Labute approximate surface area is 158 Å². The van der Waals surface area contributed by atoms with Crippen molar-refractivity contribution < 1.29 is 14.2 Å². The van der Waals surface area contributed by atoms with E-state index in [9.17, 15) is 0 Å². The van der Waals surface area contributed by atoms with Gasteiger partial charge in [0, 0.05) is 31.6 Å². The number of ether oxygens (including phenoxy) is 3. The van der Waals surface area contributed by atoms with Gasteiger partial charge in [-0.15, -0.1) is 0 Å². The van der Waals surface area contributed by atoms with E-state index in [1.54, 1.807) is 14.2 Å². The molecule has 0 N–H and O–H groups in total. The zero-order valence-electron chi connectivity index (χ0n) is 16.2. The molecule has 2 aromatic carbocycles. The molecule has 0 saturated carbocycles. The first-order chi connectivity index (χ1) is 12.6. The lowest BCUT2D eigenvalue weighted by Gasteiger charge is -2.21. The standard InChI is InChI=1S/C21H28NO3P/c1-6-20(26-21-10-7-15(2)11-16(21)13-22-3)18-12-17(24-5)8-9-19(18)25-14-23-4/h7-13,20,26H,6,14H2,1-5H3/b22-13+. The van der Waals surface area contributed by atoms with Gasteiger partial charge >= 0.3 is 0 Å². The van der Waals surface area contributed by atoms with Crippen LogP contribution in [0.3, 0.4) is 0 Å². The van der Waals surface area contributed by atoms with Crippen molar-refractivity contribution in [1.82, 2.24) is 0 Å². The zero-order chi connectivity index (χ0) is 18.9. The number of aliphatic imine (C=N–C) groups is 1. The summed E-state index contributed by atoms with van der Waals surface area (Å²) in [5.41, 5.74) is 3.92. The predicted molar refractivity (Wildman–Crippen MR) is 111 cm³/mol. The summed E-state index contributed by atoms with van der Waals surface area (Å²) in [6, 6.07) is 12.5. The number of benzene rings is 2. The fourth-order valence-corrected chi connectivity index (χ4v) is 4.27. The summed E-state index contributed by atoms with van der Waals surface area (Å²) in [5.74, 6) is 1.69. The van der Waals surface area contributed by atoms with Gasteiger partial charge in [-0.2, -0.15) is 0 Å². The first-order valence-corrected chi connectivity index (χ1v) is 9.79. The molecule has 0 aliphatic heterocycles. The molecular weight excluding hydrogens is 345 g/mol. The van der Waals surface area contributed by atoms with E-state index < -0.39 is 0 Å². The van der Waals surface area contributed by atoms with E-state index in [4.69, 9.17) is 14.2 Å². The third-order valence-corrected chi connectivity index (χ3v) is 5.97. The minimum Gasteiger partial charge on any atom is -0.497 e. The van der Waals surface area contributed by atoms with Gasteiger partial charge < -0.3 is 14.2 Å². The van der Waals surface area contributed by atoms with Gasteiger partial charge in [0.05, 0.1) is 7.11 Å². The van der Waals surface area contributed by atoms with E-state index in [0.717, 1.165) is 23.5 Å². The first-order valence-electron chi connectivity index (χ1n) is 8.71. The lowest BCUT2D eigenvalue weighted by atomic mass is 10.1. The van der Waals surface area contributed by atoms with Gasteiger partial charge in [-0.25, -0.2) is 0 Å². The molecule has 2 aromatic rings. The molecule has 0 radical (unpaired) electrons. The van der Waals surface area contributed by atoms with Crippen molar-refractivity contribution in [3.8, 4) is 11.5 Å². The van der Waals surface area contributed by atoms with Crippen molar-refractivity contribution in [3.63, 3.8) is 0 Å². The Morgan fingerprint density at radius 3 is 2.62 bits per heavy atom. The van der Waals surface area contributed by atoms with Crippen LogP contribution < -0.4 is 14.8 Å². The number of aryl methyl sites for hydroxylation is 1. The van der Waals surface area contributed by atoms with Crippen LogP contribution >= 0.6 is 8.58 Å². The first kappa shape index (κ1) is 20.4. The van der Waals surface area contributed by atoms with Crippen LogP contribution in [0.5, 0.6) is 11.5 Å². The summed E-state index contributed by atoms with van der Waals surface area (Å²) < 4.78 is 16.3. The van der Waals surface area contributed by atoms with Crippen LogP contribution in [0.25, 0.3) is 0 Å². The van der Waals surface area contributed by atoms with Crippen molar-refractivity contribution in [1.29, 1.82) is 0 Å². The number of hydrogen-bond donors (Lipinski definition) is 0. The van der Waals surface area contributed by atoms with Gasteiger partial charge in [-0.3, -0.25) is 4.99 Å². The lowest BCUT2D eigenvalue weighted by Crippen LogP contribution is -2.09. The van der Waals surface area contributed by atoms with E-state index in [1.807, 2.05) is 25.4 Å². The Hall–Kier alpha value is -1.90. The Balaban J connectivity index is 2.39. The molecule has 2 rings (SSSR count). The van der Waals surface area contributed by atoms with Crippen LogP contribution in [-0.4, -0.2) is 34.3 Å². The molecule has 140 valence electrons. The second kappa shape index (κ2) is 10.3. The topological polar surface area (TPSA) is 40.0 Å². The van der Waals surface area contributed by atoms with Crippen molar-refractivity contribution in [2.24, 2.45) is 4.99 Å². The lowest BCUT2D eigenvalue weighted by molar-refractivity contribution is 0.0503. The number of rotatable bonds is 9. The Morgan fingerprint density at radius 2 is 1.96 bits per heavy atom. The minimum absolute atomic E-state index is 0.233. The summed E-state index contributed by atoms with van der Waals surface area (Å²) in [6.45, 7) is 4.55. The fraction of sp³-hybridized carbons (Fsp3) is 0.381. The third-order valence-electron chi connectivity index (χ3n) is 4.14. The van der Waals surface area contributed by atoms with Crippen LogP contribution in [0.1, 0.15) is 35.7 Å².